The number of halogens is 1. The monoisotopic (exact) mass is 416 g/mol. The molecule has 2 fully saturated rings. The summed E-state index contributed by atoms with van der Waals surface area (Å²) in [7, 11) is 0. The van der Waals surface area contributed by atoms with Crippen molar-refractivity contribution in [2.45, 2.75) is 50.5 Å². The molecule has 1 spiro atoms. The van der Waals surface area contributed by atoms with E-state index in [0.717, 1.165) is 28.4 Å². The number of benzene rings is 1. The molecule has 26 heavy (non-hydrogen) atoms. The minimum absolute atomic E-state index is 0.0782. The topological polar surface area (TPSA) is 74.5 Å². The molecule has 1 aromatic carbocycles. The Balaban J connectivity index is 1.46. The summed E-state index contributed by atoms with van der Waals surface area (Å²) in [4.78, 5) is 12.7. The van der Waals surface area contributed by atoms with Crippen LogP contribution >= 0.6 is 15.9 Å². The van der Waals surface area contributed by atoms with Crippen LogP contribution in [0.5, 0.6) is 11.8 Å². The average molecular weight is 417 g/mol. The van der Waals surface area contributed by atoms with Crippen LogP contribution in [0.15, 0.2) is 28.7 Å². The van der Waals surface area contributed by atoms with Crippen molar-refractivity contribution in [1.29, 1.82) is 0 Å². The number of hydrogen-bond donors (Lipinski definition) is 3. The fourth-order valence-electron chi connectivity index (χ4n) is 5.41. The molecule has 3 unspecified atom stereocenters. The molecule has 1 amide bonds. The summed E-state index contributed by atoms with van der Waals surface area (Å²) in [5.74, 6) is 0.580. The van der Waals surface area contributed by atoms with E-state index in [2.05, 4.69) is 21.2 Å². The summed E-state index contributed by atoms with van der Waals surface area (Å²) in [5.41, 5.74) is 2.78. The zero-order valence-corrected chi connectivity index (χ0v) is 16.1. The van der Waals surface area contributed by atoms with E-state index >= 15 is 0 Å². The van der Waals surface area contributed by atoms with E-state index in [-0.39, 0.29) is 17.7 Å². The summed E-state index contributed by atoms with van der Waals surface area (Å²) in [5, 5.41) is 24.6. The van der Waals surface area contributed by atoms with Crippen LogP contribution in [-0.4, -0.2) is 20.7 Å². The number of carbonyl (C=O) groups is 1. The lowest BCUT2D eigenvalue weighted by Crippen LogP contribution is -2.23. The van der Waals surface area contributed by atoms with Crippen LogP contribution in [0.2, 0.25) is 0 Å². The Morgan fingerprint density at radius 2 is 1.69 bits per heavy atom. The first-order chi connectivity index (χ1) is 12.4. The molecule has 0 saturated heterocycles. The highest BCUT2D eigenvalue weighted by Gasteiger charge is 2.66. The Bertz CT molecular complexity index is 877. The van der Waals surface area contributed by atoms with Gasteiger partial charge in [-0.1, -0.05) is 15.9 Å². The number of nitrogens with one attached hydrogen (secondary N) is 1. The molecule has 5 rings (SSSR count). The number of rotatable bonds is 3. The second kappa shape index (κ2) is 5.28. The van der Waals surface area contributed by atoms with Crippen molar-refractivity contribution in [3.05, 3.63) is 39.9 Å². The maximum absolute atomic E-state index is 12.7. The molecule has 1 aromatic heterocycles. The van der Waals surface area contributed by atoms with Crippen molar-refractivity contribution in [3.8, 4) is 11.8 Å². The van der Waals surface area contributed by atoms with E-state index < -0.39 is 6.04 Å². The van der Waals surface area contributed by atoms with Gasteiger partial charge in [-0.3, -0.25) is 9.36 Å². The summed E-state index contributed by atoms with van der Waals surface area (Å²) in [6, 6.07) is 6.62. The lowest BCUT2D eigenvalue weighted by atomic mass is 9.91. The first-order valence-corrected chi connectivity index (χ1v) is 9.95. The van der Waals surface area contributed by atoms with Gasteiger partial charge in [-0.15, -0.1) is 0 Å². The van der Waals surface area contributed by atoms with Crippen molar-refractivity contribution in [3.63, 3.8) is 0 Å². The fraction of sp³-hybridized carbons (Fsp3) is 0.450. The Kier molecular flexibility index (Phi) is 3.30. The standard InChI is InChI=1S/C20H21BrN2O3/c1-10(17(24)22-12-4-2-11(21)3-5-12)23-18(25)15-13-6-7-14(16(15)19(23)26)20(13)8-9-20/h2-5,10,13-14,25-26H,6-9H2,1H3,(H,22,24). The van der Waals surface area contributed by atoms with Crippen molar-refractivity contribution < 1.29 is 15.0 Å². The largest absolute Gasteiger partial charge is 0.494 e. The van der Waals surface area contributed by atoms with Crippen LogP contribution in [0.25, 0.3) is 0 Å². The highest BCUT2D eigenvalue weighted by molar-refractivity contribution is 9.10. The Hall–Kier alpha value is -1.95. The second-order valence-corrected chi connectivity index (χ2v) is 8.85. The van der Waals surface area contributed by atoms with Gasteiger partial charge in [-0.05, 0) is 74.1 Å². The Morgan fingerprint density at radius 1 is 1.15 bits per heavy atom. The van der Waals surface area contributed by atoms with Crippen LogP contribution in [-0.2, 0) is 4.79 Å². The molecule has 3 atom stereocenters. The molecule has 2 saturated carbocycles. The molecular weight excluding hydrogens is 396 g/mol. The number of aromatic hydroxyl groups is 2. The molecule has 0 aliphatic heterocycles. The van der Waals surface area contributed by atoms with Crippen LogP contribution in [0, 0.1) is 5.41 Å². The molecule has 6 heteroatoms. The van der Waals surface area contributed by atoms with Gasteiger partial charge < -0.3 is 15.5 Å². The van der Waals surface area contributed by atoms with Gasteiger partial charge >= 0.3 is 0 Å². The molecule has 136 valence electrons. The van der Waals surface area contributed by atoms with Gasteiger partial charge in [0.2, 0.25) is 5.91 Å². The van der Waals surface area contributed by atoms with E-state index in [1.54, 1.807) is 19.1 Å². The SMILES string of the molecule is CC(C(=O)Nc1ccc(Br)cc1)n1c(O)c2c(c1O)C1CCC2C12CC2. The van der Waals surface area contributed by atoms with Crippen LogP contribution in [0.1, 0.15) is 61.6 Å². The van der Waals surface area contributed by atoms with E-state index in [0.29, 0.717) is 22.9 Å². The van der Waals surface area contributed by atoms with Crippen molar-refractivity contribution >= 4 is 27.5 Å². The van der Waals surface area contributed by atoms with Gasteiger partial charge in [0.05, 0.1) is 0 Å². The average Bonchev–Trinajstić information content (AvgIpc) is 3.21. The van der Waals surface area contributed by atoms with Gasteiger partial charge in [-0.2, -0.15) is 0 Å². The molecular formula is C20H21BrN2O3. The number of anilines is 1. The Labute approximate surface area is 160 Å². The van der Waals surface area contributed by atoms with Gasteiger partial charge in [-0.25, -0.2) is 0 Å². The zero-order chi connectivity index (χ0) is 18.2. The summed E-state index contributed by atoms with van der Waals surface area (Å²) in [6.45, 7) is 1.71. The maximum atomic E-state index is 12.7. The van der Waals surface area contributed by atoms with E-state index in [1.165, 1.54) is 17.4 Å². The number of aromatic nitrogens is 1. The quantitative estimate of drug-likeness (QED) is 0.683. The molecule has 3 N–H and O–H groups in total. The summed E-state index contributed by atoms with van der Waals surface area (Å²) in [6.07, 6.45) is 4.54. The number of nitrogens with zero attached hydrogens (tertiary/aromatic N) is 1. The predicted octanol–water partition coefficient (Wildman–Crippen LogP) is 4.62. The fourth-order valence-corrected chi connectivity index (χ4v) is 5.67. The van der Waals surface area contributed by atoms with Gasteiger partial charge in [0, 0.05) is 21.3 Å². The van der Waals surface area contributed by atoms with Crippen LogP contribution < -0.4 is 5.32 Å². The number of fused-ring (bicyclic) bond motifs is 3. The third kappa shape index (κ3) is 1.99. The second-order valence-electron chi connectivity index (χ2n) is 7.93. The third-order valence-electron chi connectivity index (χ3n) is 6.76. The van der Waals surface area contributed by atoms with Crippen LogP contribution in [0.4, 0.5) is 5.69 Å². The molecule has 1 heterocycles. The van der Waals surface area contributed by atoms with Gasteiger partial charge in [0.25, 0.3) is 0 Å². The minimum Gasteiger partial charge on any atom is -0.494 e. The summed E-state index contributed by atoms with van der Waals surface area (Å²) >= 11 is 3.37. The van der Waals surface area contributed by atoms with Crippen molar-refractivity contribution in [2.75, 3.05) is 5.32 Å². The molecule has 0 radical (unpaired) electrons. The molecule has 5 nitrogen and oxygen atoms in total. The molecule has 2 aromatic rings. The van der Waals surface area contributed by atoms with Crippen molar-refractivity contribution in [2.24, 2.45) is 5.41 Å². The number of hydrogen-bond acceptors (Lipinski definition) is 3. The normalized spacial score (nSPS) is 25.3. The Morgan fingerprint density at radius 3 is 2.19 bits per heavy atom. The first kappa shape index (κ1) is 16.2. The highest BCUT2D eigenvalue weighted by Crippen LogP contribution is 2.78. The molecule has 2 bridgehead atoms. The van der Waals surface area contributed by atoms with Crippen molar-refractivity contribution in [1.82, 2.24) is 4.57 Å². The van der Waals surface area contributed by atoms with Gasteiger partial charge in [0.15, 0.2) is 11.8 Å². The smallest absolute Gasteiger partial charge is 0.247 e. The lowest BCUT2D eigenvalue weighted by molar-refractivity contribution is -0.119. The minimum atomic E-state index is -0.696. The van der Waals surface area contributed by atoms with Crippen LogP contribution in [0.3, 0.4) is 0 Å². The predicted molar refractivity (Wildman–Crippen MR) is 102 cm³/mol. The maximum Gasteiger partial charge on any atom is 0.247 e. The summed E-state index contributed by atoms with van der Waals surface area (Å²) < 4.78 is 2.34. The first-order valence-electron chi connectivity index (χ1n) is 9.16. The van der Waals surface area contributed by atoms with E-state index in [4.69, 9.17) is 0 Å². The number of carbonyl (C=O) groups excluding carboxylic acids is 1. The molecule has 3 aliphatic rings. The molecule has 3 aliphatic carbocycles. The number of amides is 1. The van der Waals surface area contributed by atoms with E-state index in [9.17, 15) is 15.0 Å². The third-order valence-corrected chi connectivity index (χ3v) is 7.29. The van der Waals surface area contributed by atoms with E-state index in [1.807, 2.05) is 12.1 Å². The highest BCUT2D eigenvalue weighted by atomic mass is 79.9. The lowest BCUT2D eigenvalue weighted by Gasteiger charge is -2.20. The zero-order valence-electron chi connectivity index (χ0n) is 14.5. The van der Waals surface area contributed by atoms with Gasteiger partial charge in [0.1, 0.15) is 6.04 Å².